The Morgan fingerprint density at radius 2 is 1.70 bits per heavy atom. The fraction of sp³-hybridized carbons (Fsp3) is 0.0476. The largest absolute Gasteiger partial charge is 0.497 e. The van der Waals surface area contributed by atoms with E-state index in [4.69, 9.17) is 9.15 Å². The minimum Gasteiger partial charge on any atom is -0.497 e. The van der Waals surface area contributed by atoms with Crippen LogP contribution in [0.3, 0.4) is 0 Å². The van der Waals surface area contributed by atoms with Gasteiger partial charge in [0.15, 0.2) is 5.76 Å². The van der Waals surface area contributed by atoms with E-state index in [1.54, 1.807) is 55.7 Å². The molecule has 3 rings (SSSR count). The first kappa shape index (κ1) is 18.0. The van der Waals surface area contributed by atoms with Crippen molar-refractivity contribution in [2.24, 2.45) is 0 Å². The van der Waals surface area contributed by atoms with E-state index in [1.165, 1.54) is 12.3 Å². The number of hydrogen-bond donors (Lipinski definition) is 2. The number of methoxy groups -OCH3 is 1. The lowest BCUT2D eigenvalue weighted by atomic mass is 10.1. The number of carbonyl (C=O) groups is 2. The maximum absolute atomic E-state index is 12.7. The first-order valence-corrected chi connectivity index (χ1v) is 8.23. The first-order chi connectivity index (χ1) is 13.2. The van der Waals surface area contributed by atoms with E-state index < -0.39 is 11.8 Å². The van der Waals surface area contributed by atoms with Gasteiger partial charge in [0.1, 0.15) is 11.4 Å². The number of rotatable bonds is 6. The fourth-order valence-electron chi connectivity index (χ4n) is 2.34. The van der Waals surface area contributed by atoms with E-state index in [0.29, 0.717) is 11.4 Å². The van der Waals surface area contributed by atoms with Crippen LogP contribution in [0.5, 0.6) is 5.75 Å². The Balaban J connectivity index is 1.85. The Labute approximate surface area is 156 Å². The standard InChI is InChI=1S/C21H18N2O4/c1-26-17-11-9-15(10-12-17)14-18(23-21(25)19-8-5-13-27-19)20(24)22-16-6-3-2-4-7-16/h2-14H,1H3,(H,22,24)(H,23,25)/b18-14+. The SMILES string of the molecule is COc1ccc(/C=C(/NC(=O)c2ccco2)C(=O)Nc2ccccc2)cc1. The summed E-state index contributed by atoms with van der Waals surface area (Å²) in [6.45, 7) is 0. The molecule has 0 unspecified atom stereocenters. The minimum absolute atomic E-state index is 0.0884. The smallest absolute Gasteiger partial charge is 0.291 e. The highest BCUT2D eigenvalue weighted by molar-refractivity contribution is 6.10. The molecule has 6 nitrogen and oxygen atoms in total. The minimum atomic E-state index is -0.511. The first-order valence-electron chi connectivity index (χ1n) is 8.23. The molecule has 0 aliphatic heterocycles. The molecule has 27 heavy (non-hydrogen) atoms. The van der Waals surface area contributed by atoms with Crippen LogP contribution in [0.25, 0.3) is 6.08 Å². The van der Waals surface area contributed by atoms with Crippen molar-refractivity contribution in [3.63, 3.8) is 0 Å². The molecule has 6 heteroatoms. The van der Waals surface area contributed by atoms with Crippen LogP contribution >= 0.6 is 0 Å². The van der Waals surface area contributed by atoms with Crippen LogP contribution in [0, 0.1) is 0 Å². The molecule has 1 heterocycles. The van der Waals surface area contributed by atoms with E-state index in [9.17, 15) is 9.59 Å². The van der Waals surface area contributed by atoms with Gasteiger partial charge in [-0.05, 0) is 48.0 Å². The molecule has 2 amide bonds. The van der Waals surface area contributed by atoms with Crippen LogP contribution < -0.4 is 15.4 Å². The van der Waals surface area contributed by atoms with Crippen molar-refractivity contribution in [2.45, 2.75) is 0 Å². The van der Waals surface area contributed by atoms with Gasteiger partial charge in [0, 0.05) is 5.69 Å². The Bertz CT molecular complexity index is 930. The number of amides is 2. The van der Waals surface area contributed by atoms with Crippen LogP contribution in [0.15, 0.2) is 83.1 Å². The average Bonchev–Trinajstić information content (AvgIpc) is 3.24. The van der Waals surface area contributed by atoms with Gasteiger partial charge in [-0.2, -0.15) is 0 Å². The summed E-state index contributed by atoms with van der Waals surface area (Å²) in [7, 11) is 1.58. The molecular formula is C21H18N2O4. The maximum Gasteiger partial charge on any atom is 0.291 e. The Hall–Kier alpha value is -3.80. The number of ether oxygens (including phenoxy) is 1. The molecule has 1 aromatic heterocycles. The monoisotopic (exact) mass is 362 g/mol. The normalized spacial score (nSPS) is 10.9. The maximum atomic E-state index is 12.7. The number of carbonyl (C=O) groups excluding carboxylic acids is 2. The van der Waals surface area contributed by atoms with Crippen molar-refractivity contribution < 1.29 is 18.7 Å². The zero-order valence-corrected chi connectivity index (χ0v) is 14.6. The van der Waals surface area contributed by atoms with E-state index >= 15 is 0 Å². The zero-order valence-electron chi connectivity index (χ0n) is 14.6. The molecule has 0 spiro atoms. The third-order valence-corrected chi connectivity index (χ3v) is 3.70. The molecular weight excluding hydrogens is 344 g/mol. The summed E-state index contributed by atoms with van der Waals surface area (Å²) in [5.41, 5.74) is 1.44. The summed E-state index contributed by atoms with van der Waals surface area (Å²) in [6, 6.07) is 19.2. The van der Waals surface area contributed by atoms with Crippen LogP contribution in [-0.4, -0.2) is 18.9 Å². The average molecular weight is 362 g/mol. The number of furan rings is 1. The molecule has 136 valence electrons. The molecule has 0 atom stereocenters. The third kappa shape index (κ3) is 4.85. The van der Waals surface area contributed by atoms with Gasteiger partial charge in [-0.1, -0.05) is 30.3 Å². The summed E-state index contributed by atoms with van der Waals surface area (Å²) < 4.78 is 10.2. The number of hydrogen-bond acceptors (Lipinski definition) is 4. The Morgan fingerprint density at radius 1 is 0.963 bits per heavy atom. The van der Waals surface area contributed by atoms with E-state index in [2.05, 4.69) is 10.6 Å². The van der Waals surface area contributed by atoms with Gasteiger partial charge in [0.2, 0.25) is 0 Å². The lowest BCUT2D eigenvalue weighted by Crippen LogP contribution is -2.30. The molecule has 0 saturated carbocycles. The predicted octanol–water partition coefficient (Wildman–Crippen LogP) is 3.70. The number of benzene rings is 2. The third-order valence-electron chi connectivity index (χ3n) is 3.70. The summed E-state index contributed by atoms with van der Waals surface area (Å²) in [5.74, 6) is -0.148. The second kappa shape index (κ2) is 8.53. The van der Waals surface area contributed by atoms with Gasteiger partial charge >= 0.3 is 0 Å². The zero-order chi connectivity index (χ0) is 19.1. The number of para-hydroxylation sites is 1. The summed E-state index contributed by atoms with van der Waals surface area (Å²) >= 11 is 0. The fourth-order valence-corrected chi connectivity index (χ4v) is 2.34. The highest BCUT2D eigenvalue weighted by Crippen LogP contribution is 2.15. The summed E-state index contributed by atoms with van der Waals surface area (Å²) in [5, 5.41) is 5.36. The van der Waals surface area contributed by atoms with Gasteiger partial charge in [-0.15, -0.1) is 0 Å². The molecule has 0 bridgehead atoms. The lowest BCUT2D eigenvalue weighted by Gasteiger charge is -2.10. The van der Waals surface area contributed by atoms with E-state index in [0.717, 1.165) is 5.56 Å². The van der Waals surface area contributed by atoms with Crippen LogP contribution in [0.2, 0.25) is 0 Å². The van der Waals surface area contributed by atoms with Crippen molar-refractivity contribution in [1.82, 2.24) is 5.32 Å². The van der Waals surface area contributed by atoms with Crippen molar-refractivity contribution >= 4 is 23.6 Å². The van der Waals surface area contributed by atoms with Gasteiger partial charge in [-0.3, -0.25) is 9.59 Å². The lowest BCUT2D eigenvalue weighted by molar-refractivity contribution is -0.113. The van der Waals surface area contributed by atoms with E-state index in [-0.39, 0.29) is 11.5 Å². The van der Waals surface area contributed by atoms with Crippen molar-refractivity contribution in [2.75, 3.05) is 12.4 Å². The molecule has 0 fully saturated rings. The van der Waals surface area contributed by atoms with Gasteiger partial charge in [0.25, 0.3) is 11.8 Å². The van der Waals surface area contributed by atoms with E-state index in [1.807, 2.05) is 18.2 Å². The second-order valence-electron chi connectivity index (χ2n) is 5.58. The highest BCUT2D eigenvalue weighted by Gasteiger charge is 2.16. The van der Waals surface area contributed by atoms with Crippen LogP contribution in [-0.2, 0) is 4.79 Å². The second-order valence-corrected chi connectivity index (χ2v) is 5.58. The highest BCUT2D eigenvalue weighted by atomic mass is 16.5. The molecule has 2 aromatic carbocycles. The van der Waals surface area contributed by atoms with Crippen LogP contribution in [0.4, 0.5) is 5.69 Å². The quantitative estimate of drug-likeness (QED) is 0.655. The Morgan fingerprint density at radius 3 is 2.33 bits per heavy atom. The molecule has 0 saturated heterocycles. The topological polar surface area (TPSA) is 80.6 Å². The van der Waals surface area contributed by atoms with Crippen LogP contribution in [0.1, 0.15) is 16.1 Å². The van der Waals surface area contributed by atoms with Crippen molar-refractivity contribution in [1.29, 1.82) is 0 Å². The Kier molecular flexibility index (Phi) is 5.69. The summed E-state index contributed by atoms with van der Waals surface area (Å²) in [6.07, 6.45) is 2.98. The predicted molar refractivity (Wildman–Crippen MR) is 102 cm³/mol. The molecule has 0 aliphatic carbocycles. The summed E-state index contributed by atoms with van der Waals surface area (Å²) in [4.78, 5) is 25.0. The van der Waals surface area contributed by atoms with Crippen molar-refractivity contribution in [3.05, 3.63) is 90.0 Å². The number of anilines is 1. The van der Waals surface area contributed by atoms with Gasteiger partial charge < -0.3 is 19.8 Å². The molecule has 3 aromatic rings. The number of nitrogens with one attached hydrogen (secondary N) is 2. The van der Waals surface area contributed by atoms with Gasteiger partial charge in [0.05, 0.1) is 13.4 Å². The molecule has 2 N–H and O–H groups in total. The molecule has 0 aliphatic rings. The van der Waals surface area contributed by atoms with Gasteiger partial charge in [-0.25, -0.2) is 0 Å². The van der Waals surface area contributed by atoms with Crippen molar-refractivity contribution in [3.8, 4) is 5.75 Å². The molecule has 0 radical (unpaired) electrons.